The lowest BCUT2D eigenvalue weighted by atomic mass is 10.2. The van der Waals surface area contributed by atoms with Crippen LogP contribution in [0.1, 0.15) is 5.56 Å². The summed E-state index contributed by atoms with van der Waals surface area (Å²) in [6.45, 7) is 0.477. The van der Waals surface area contributed by atoms with Crippen molar-refractivity contribution in [3.63, 3.8) is 0 Å². The summed E-state index contributed by atoms with van der Waals surface area (Å²) >= 11 is 0. The molecule has 4 heteroatoms. The van der Waals surface area contributed by atoms with Crippen molar-refractivity contribution in [2.24, 2.45) is 5.84 Å². The van der Waals surface area contributed by atoms with Gasteiger partial charge in [0, 0.05) is 20.6 Å². The Bertz CT molecular complexity index is 286. The van der Waals surface area contributed by atoms with Crippen molar-refractivity contribution in [1.29, 1.82) is 0 Å². The van der Waals surface area contributed by atoms with Crippen molar-refractivity contribution < 1.29 is 4.39 Å². The van der Waals surface area contributed by atoms with Crippen molar-refractivity contribution in [2.45, 2.75) is 6.54 Å². The molecule has 0 bridgehead atoms. The number of halogens is 1. The average molecular weight is 183 g/mol. The van der Waals surface area contributed by atoms with E-state index in [-0.39, 0.29) is 5.82 Å². The van der Waals surface area contributed by atoms with Gasteiger partial charge in [-0.25, -0.2) is 4.39 Å². The summed E-state index contributed by atoms with van der Waals surface area (Å²) in [5, 5.41) is 0. The Morgan fingerprint density at radius 2 is 2.15 bits per heavy atom. The maximum Gasteiger partial charge on any atom is 0.146 e. The third kappa shape index (κ3) is 2.40. The Labute approximate surface area is 77.3 Å². The highest BCUT2D eigenvalue weighted by atomic mass is 19.1. The van der Waals surface area contributed by atoms with Crippen molar-refractivity contribution in [1.82, 2.24) is 5.43 Å². The molecule has 13 heavy (non-hydrogen) atoms. The molecule has 0 saturated carbocycles. The van der Waals surface area contributed by atoms with Gasteiger partial charge in [-0.3, -0.25) is 11.3 Å². The molecule has 0 radical (unpaired) electrons. The number of benzene rings is 1. The van der Waals surface area contributed by atoms with Crippen LogP contribution in [0.2, 0.25) is 0 Å². The van der Waals surface area contributed by atoms with Crippen LogP contribution in [0.5, 0.6) is 0 Å². The lowest BCUT2D eigenvalue weighted by molar-refractivity contribution is 0.620. The van der Waals surface area contributed by atoms with E-state index in [1.54, 1.807) is 25.1 Å². The Kier molecular flexibility index (Phi) is 3.22. The molecule has 0 unspecified atom stereocenters. The molecule has 0 amide bonds. The van der Waals surface area contributed by atoms with Gasteiger partial charge in [-0.05, 0) is 17.7 Å². The van der Waals surface area contributed by atoms with E-state index < -0.39 is 0 Å². The Balaban J connectivity index is 2.92. The first-order valence-corrected chi connectivity index (χ1v) is 4.04. The predicted molar refractivity (Wildman–Crippen MR) is 51.8 cm³/mol. The Morgan fingerprint density at radius 1 is 1.46 bits per heavy atom. The molecule has 0 atom stereocenters. The van der Waals surface area contributed by atoms with Gasteiger partial charge in [-0.15, -0.1) is 0 Å². The Morgan fingerprint density at radius 3 is 2.62 bits per heavy atom. The first kappa shape index (κ1) is 9.95. The molecule has 0 heterocycles. The van der Waals surface area contributed by atoms with Crippen LogP contribution in [0.25, 0.3) is 0 Å². The van der Waals surface area contributed by atoms with E-state index in [2.05, 4.69) is 5.43 Å². The molecular formula is C9H14FN3. The average Bonchev–Trinajstić information content (AvgIpc) is 2.04. The zero-order chi connectivity index (χ0) is 9.84. The van der Waals surface area contributed by atoms with Gasteiger partial charge in [0.2, 0.25) is 0 Å². The number of nitrogens with zero attached hydrogens (tertiary/aromatic N) is 1. The van der Waals surface area contributed by atoms with Crippen molar-refractivity contribution >= 4 is 5.69 Å². The topological polar surface area (TPSA) is 41.3 Å². The van der Waals surface area contributed by atoms with E-state index in [0.29, 0.717) is 12.2 Å². The van der Waals surface area contributed by atoms with Crippen molar-refractivity contribution in [3.05, 3.63) is 29.6 Å². The number of hydrazine groups is 1. The molecule has 0 saturated heterocycles. The van der Waals surface area contributed by atoms with Crippen LogP contribution in [-0.4, -0.2) is 14.1 Å². The number of rotatable bonds is 3. The van der Waals surface area contributed by atoms with Gasteiger partial charge < -0.3 is 4.90 Å². The normalized spacial score (nSPS) is 10.2. The molecule has 0 aliphatic heterocycles. The lowest BCUT2D eigenvalue weighted by Gasteiger charge is -2.13. The fourth-order valence-corrected chi connectivity index (χ4v) is 1.14. The number of hydrogen-bond acceptors (Lipinski definition) is 3. The maximum absolute atomic E-state index is 13.3. The zero-order valence-corrected chi connectivity index (χ0v) is 7.84. The molecular weight excluding hydrogens is 169 g/mol. The van der Waals surface area contributed by atoms with E-state index in [9.17, 15) is 4.39 Å². The number of nitrogens with one attached hydrogen (secondary N) is 1. The van der Waals surface area contributed by atoms with Gasteiger partial charge in [-0.2, -0.15) is 0 Å². The van der Waals surface area contributed by atoms with E-state index in [1.807, 2.05) is 6.07 Å². The predicted octanol–water partition coefficient (Wildman–Crippen LogP) is 0.855. The summed E-state index contributed by atoms with van der Waals surface area (Å²) in [5.74, 6) is 4.90. The highest BCUT2D eigenvalue weighted by molar-refractivity contribution is 5.47. The van der Waals surface area contributed by atoms with Gasteiger partial charge in [0.25, 0.3) is 0 Å². The second kappa shape index (κ2) is 4.20. The third-order valence-corrected chi connectivity index (χ3v) is 1.80. The minimum absolute atomic E-state index is 0.224. The number of anilines is 1. The summed E-state index contributed by atoms with van der Waals surface area (Å²) in [5.41, 5.74) is 3.90. The quantitative estimate of drug-likeness (QED) is 0.539. The molecule has 1 aromatic carbocycles. The van der Waals surface area contributed by atoms with E-state index in [0.717, 1.165) is 5.56 Å². The van der Waals surface area contributed by atoms with Gasteiger partial charge in [0.05, 0.1) is 5.69 Å². The van der Waals surface area contributed by atoms with E-state index in [4.69, 9.17) is 5.84 Å². The smallest absolute Gasteiger partial charge is 0.146 e. The van der Waals surface area contributed by atoms with Crippen LogP contribution in [-0.2, 0) is 6.54 Å². The summed E-state index contributed by atoms with van der Waals surface area (Å²) in [7, 11) is 3.61. The van der Waals surface area contributed by atoms with Gasteiger partial charge in [0.1, 0.15) is 5.82 Å². The van der Waals surface area contributed by atoms with Crippen LogP contribution in [0, 0.1) is 5.82 Å². The molecule has 0 aromatic heterocycles. The van der Waals surface area contributed by atoms with Crippen molar-refractivity contribution in [3.8, 4) is 0 Å². The molecule has 1 rings (SSSR count). The molecule has 0 aliphatic carbocycles. The van der Waals surface area contributed by atoms with Gasteiger partial charge >= 0.3 is 0 Å². The van der Waals surface area contributed by atoms with Crippen LogP contribution in [0.3, 0.4) is 0 Å². The van der Waals surface area contributed by atoms with Crippen LogP contribution >= 0.6 is 0 Å². The molecule has 0 fully saturated rings. The first-order chi connectivity index (χ1) is 6.15. The molecule has 0 spiro atoms. The minimum atomic E-state index is -0.224. The third-order valence-electron chi connectivity index (χ3n) is 1.80. The zero-order valence-electron chi connectivity index (χ0n) is 7.84. The monoisotopic (exact) mass is 183 g/mol. The van der Waals surface area contributed by atoms with Crippen LogP contribution in [0.4, 0.5) is 10.1 Å². The standard InChI is InChI=1S/C9H14FN3/c1-13(2)9-4-3-7(6-12-11)5-8(9)10/h3-5,12H,6,11H2,1-2H3. The largest absolute Gasteiger partial charge is 0.375 e. The van der Waals surface area contributed by atoms with E-state index >= 15 is 0 Å². The summed E-state index contributed by atoms with van der Waals surface area (Å²) in [6.07, 6.45) is 0. The number of nitrogens with two attached hydrogens (primary N) is 1. The highest BCUT2D eigenvalue weighted by Crippen LogP contribution is 2.17. The van der Waals surface area contributed by atoms with Gasteiger partial charge in [0.15, 0.2) is 0 Å². The van der Waals surface area contributed by atoms with Crippen molar-refractivity contribution in [2.75, 3.05) is 19.0 Å². The van der Waals surface area contributed by atoms with Crippen LogP contribution in [0.15, 0.2) is 18.2 Å². The fraction of sp³-hybridized carbons (Fsp3) is 0.333. The van der Waals surface area contributed by atoms with E-state index in [1.165, 1.54) is 6.07 Å². The molecule has 3 N–H and O–H groups in total. The van der Waals surface area contributed by atoms with Gasteiger partial charge in [-0.1, -0.05) is 6.07 Å². The molecule has 72 valence electrons. The molecule has 3 nitrogen and oxygen atoms in total. The summed E-state index contributed by atoms with van der Waals surface area (Å²) in [4.78, 5) is 1.73. The second-order valence-electron chi connectivity index (χ2n) is 3.06. The minimum Gasteiger partial charge on any atom is -0.375 e. The molecule has 0 aliphatic rings. The fourth-order valence-electron chi connectivity index (χ4n) is 1.14. The van der Waals surface area contributed by atoms with Crippen LogP contribution < -0.4 is 16.2 Å². The maximum atomic E-state index is 13.3. The second-order valence-corrected chi connectivity index (χ2v) is 3.06. The summed E-state index contributed by atoms with van der Waals surface area (Å²) in [6, 6.07) is 5.06. The highest BCUT2D eigenvalue weighted by Gasteiger charge is 2.04. The lowest BCUT2D eigenvalue weighted by Crippen LogP contribution is -2.21. The summed E-state index contributed by atoms with van der Waals surface area (Å²) < 4.78 is 13.3. The molecule has 1 aromatic rings. The Hall–Kier alpha value is -1.13. The first-order valence-electron chi connectivity index (χ1n) is 4.04. The SMILES string of the molecule is CN(C)c1ccc(CNN)cc1F. The number of hydrogen-bond donors (Lipinski definition) is 2.